The van der Waals surface area contributed by atoms with Crippen LogP contribution in [0.4, 0.5) is 4.79 Å². The Bertz CT molecular complexity index is 373. The molecule has 1 aromatic heterocycles. The van der Waals surface area contributed by atoms with Crippen LogP contribution in [-0.4, -0.2) is 17.1 Å². The van der Waals surface area contributed by atoms with Crippen LogP contribution in [0.15, 0.2) is 6.20 Å². The zero-order valence-electron chi connectivity index (χ0n) is 9.62. The number of carbonyl (C=O) groups is 1. The van der Waals surface area contributed by atoms with Gasteiger partial charge in [0.25, 0.3) is 0 Å². The first-order valence-corrected chi connectivity index (χ1v) is 6.46. The molecule has 1 aliphatic carbocycles. The number of thiazole rings is 1. The van der Waals surface area contributed by atoms with Crippen molar-refractivity contribution in [1.29, 1.82) is 0 Å². The fraction of sp³-hybridized carbons (Fsp3) is 0.636. The molecular weight excluding hydrogens is 222 g/mol. The van der Waals surface area contributed by atoms with Gasteiger partial charge in [-0.05, 0) is 33.1 Å². The molecule has 1 aromatic rings. The van der Waals surface area contributed by atoms with Crippen molar-refractivity contribution in [2.45, 2.75) is 45.2 Å². The van der Waals surface area contributed by atoms with Crippen molar-refractivity contribution in [2.24, 2.45) is 0 Å². The van der Waals surface area contributed by atoms with E-state index in [9.17, 15) is 4.79 Å². The Hall–Kier alpha value is -1.10. The monoisotopic (exact) mass is 239 g/mol. The van der Waals surface area contributed by atoms with Gasteiger partial charge in [0.2, 0.25) is 0 Å². The number of aromatic nitrogens is 1. The lowest BCUT2D eigenvalue weighted by molar-refractivity contribution is 0.225. The van der Waals surface area contributed by atoms with Crippen LogP contribution in [0.2, 0.25) is 0 Å². The molecule has 1 fully saturated rings. The highest BCUT2D eigenvalue weighted by Gasteiger charge is 2.20. The van der Waals surface area contributed by atoms with E-state index in [1.54, 1.807) is 11.3 Å². The second-order valence-corrected chi connectivity index (χ2v) is 5.54. The number of urea groups is 1. The predicted molar refractivity (Wildman–Crippen MR) is 64.6 cm³/mol. The summed E-state index contributed by atoms with van der Waals surface area (Å²) in [5.41, 5.74) is 0. The van der Waals surface area contributed by atoms with Gasteiger partial charge in [-0.15, -0.1) is 11.3 Å². The standard InChI is InChI=1S/C11H17N3OS/c1-7-6-12-10(16-7)8(2)13-11(15)14-9-4-3-5-9/h6,8-9H,3-5H2,1-2H3,(H2,13,14,15). The number of aryl methyl sites for hydroxylation is 1. The van der Waals surface area contributed by atoms with Crippen LogP contribution in [-0.2, 0) is 0 Å². The van der Waals surface area contributed by atoms with E-state index in [2.05, 4.69) is 15.6 Å². The van der Waals surface area contributed by atoms with Crippen LogP contribution in [0.3, 0.4) is 0 Å². The minimum atomic E-state index is -0.0787. The number of nitrogens with one attached hydrogen (secondary N) is 2. The third-order valence-corrected chi connectivity index (χ3v) is 3.89. The molecule has 0 bridgehead atoms. The maximum absolute atomic E-state index is 11.6. The fourth-order valence-corrected chi connectivity index (χ4v) is 2.39. The molecule has 1 saturated carbocycles. The van der Waals surface area contributed by atoms with Gasteiger partial charge in [0, 0.05) is 17.1 Å². The molecule has 0 saturated heterocycles. The smallest absolute Gasteiger partial charge is 0.315 e. The van der Waals surface area contributed by atoms with Gasteiger partial charge in [-0.2, -0.15) is 0 Å². The molecule has 5 heteroatoms. The number of carbonyl (C=O) groups excluding carboxylic acids is 1. The lowest BCUT2D eigenvalue weighted by Gasteiger charge is -2.27. The summed E-state index contributed by atoms with van der Waals surface area (Å²) in [6.07, 6.45) is 5.28. The highest BCUT2D eigenvalue weighted by molar-refractivity contribution is 7.11. The normalized spacial score (nSPS) is 17.6. The second kappa shape index (κ2) is 4.82. The highest BCUT2D eigenvalue weighted by Crippen LogP contribution is 2.20. The first-order chi connectivity index (χ1) is 7.65. The van der Waals surface area contributed by atoms with Crippen molar-refractivity contribution in [3.8, 4) is 0 Å². The van der Waals surface area contributed by atoms with E-state index in [4.69, 9.17) is 0 Å². The molecule has 0 aliphatic heterocycles. The van der Waals surface area contributed by atoms with E-state index in [0.29, 0.717) is 6.04 Å². The van der Waals surface area contributed by atoms with Crippen LogP contribution in [0.25, 0.3) is 0 Å². The summed E-state index contributed by atoms with van der Waals surface area (Å²) < 4.78 is 0. The largest absolute Gasteiger partial charge is 0.335 e. The molecule has 2 rings (SSSR count). The molecular formula is C11H17N3OS. The molecule has 2 amide bonds. The Balaban J connectivity index is 1.81. The SMILES string of the molecule is Cc1cnc(C(C)NC(=O)NC2CCC2)s1. The van der Waals surface area contributed by atoms with Crippen molar-refractivity contribution in [3.63, 3.8) is 0 Å². The molecule has 0 spiro atoms. The van der Waals surface area contributed by atoms with Gasteiger partial charge in [0.05, 0.1) is 6.04 Å². The van der Waals surface area contributed by atoms with Gasteiger partial charge >= 0.3 is 6.03 Å². The summed E-state index contributed by atoms with van der Waals surface area (Å²) in [6, 6.07) is 0.286. The number of hydrogen-bond acceptors (Lipinski definition) is 3. The number of hydrogen-bond donors (Lipinski definition) is 2. The Morgan fingerprint density at radius 2 is 2.38 bits per heavy atom. The molecule has 1 unspecified atom stereocenters. The molecule has 2 N–H and O–H groups in total. The quantitative estimate of drug-likeness (QED) is 0.850. The average Bonchev–Trinajstić information content (AvgIpc) is 2.58. The molecule has 0 aromatic carbocycles. The van der Waals surface area contributed by atoms with Gasteiger partial charge < -0.3 is 10.6 Å². The average molecular weight is 239 g/mol. The summed E-state index contributed by atoms with van der Waals surface area (Å²) in [5.74, 6) is 0. The van der Waals surface area contributed by atoms with E-state index in [0.717, 1.165) is 17.8 Å². The zero-order valence-corrected chi connectivity index (χ0v) is 10.4. The van der Waals surface area contributed by atoms with Crippen molar-refractivity contribution < 1.29 is 4.79 Å². The van der Waals surface area contributed by atoms with Crippen molar-refractivity contribution >= 4 is 17.4 Å². The highest BCUT2D eigenvalue weighted by atomic mass is 32.1. The summed E-state index contributed by atoms with van der Waals surface area (Å²) in [7, 11) is 0. The molecule has 0 radical (unpaired) electrons. The van der Waals surface area contributed by atoms with E-state index in [-0.39, 0.29) is 12.1 Å². The minimum Gasteiger partial charge on any atom is -0.335 e. The number of amides is 2. The van der Waals surface area contributed by atoms with Crippen LogP contribution >= 0.6 is 11.3 Å². The Morgan fingerprint density at radius 3 is 2.88 bits per heavy atom. The van der Waals surface area contributed by atoms with Gasteiger partial charge in [0.1, 0.15) is 5.01 Å². The van der Waals surface area contributed by atoms with Crippen molar-refractivity contribution in [2.75, 3.05) is 0 Å². The molecule has 1 atom stereocenters. The number of nitrogens with zero attached hydrogens (tertiary/aromatic N) is 1. The van der Waals surface area contributed by atoms with E-state index in [1.165, 1.54) is 11.3 Å². The summed E-state index contributed by atoms with van der Waals surface area (Å²) in [4.78, 5) is 17.0. The molecule has 4 nitrogen and oxygen atoms in total. The van der Waals surface area contributed by atoms with Gasteiger partial charge in [0.15, 0.2) is 0 Å². The van der Waals surface area contributed by atoms with Gasteiger partial charge in [-0.3, -0.25) is 0 Å². The summed E-state index contributed by atoms with van der Waals surface area (Å²) >= 11 is 1.62. The predicted octanol–water partition coefficient (Wildman–Crippen LogP) is 2.36. The molecule has 88 valence electrons. The zero-order chi connectivity index (χ0) is 11.5. The topological polar surface area (TPSA) is 54.0 Å². The van der Waals surface area contributed by atoms with Crippen molar-refractivity contribution in [3.05, 3.63) is 16.1 Å². The Labute approximate surface area is 99.5 Å². The fourth-order valence-electron chi connectivity index (χ4n) is 1.61. The van der Waals surface area contributed by atoms with E-state index < -0.39 is 0 Å². The van der Waals surface area contributed by atoms with Crippen LogP contribution in [0, 0.1) is 6.92 Å². The maximum Gasteiger partial charge on any atom is 0.315 e. The lowest BCUT2D eigenvalue weighted by Crippen LogP contribution is -2.45. The molecule has 1 heterocycles. The van der Waals surface area contributed by atoms with Crippen LogP contribution in [0.1, 0.15) is 42.1 Å². The molecule has 16 heavy (non-hydrogen) atoms. The summed E-state index contributed by atoms with van der Waals surface area (Å²) in [5, 5.41) is 6.82. The van der Waals surface area contributed by atoms with Gasteiger partial charge in [-0.25, -0.2) is 9.78 Å². The van der Waals surface area contributed by atoms with Crippen LogP contribution < -0.4 is 10.6 Å². The third kappa shape index (κ3) is 2.72. The minimum absolute atomic E-state index is 0.0150. The first-order valence-electron chi connectivity index (χ1n) is 5.64. The third-order valence-electron chi connectivity index (χ3n) is 2.80. The maximum atomic E-state index is 11.6. The lowest BCUT2D eigenvalue weighted by atomic mass is 9.93. The molecule has 1 aliphatic rings. The van der Waals surface area contributed by atoms with Crippen molar-refractivity contribution in [1.82, 2.24) is 15.6 Å². The summed E-state index contributed by atoms with van der Waals surface area (Å²) in [6.45, 7) is 3.97. The van der Waals surface area contributed by atoms with E-state index in [1.807, 2.05) is 20.0 Å². The Kier molecular flexibility index (Phi) is 3.43. The number of rotatable bonds is 3. The van der Waals surface area contributed by atoms with Crippen LogP contribution in [0.5, 0.6) is 0 Å². The first kappa shape index (κ1) is 11.4. The van der Waals surface area contributed by atoms with Gasteiger partial charge in [-0.1, -0.05) is 0 Å². The van der Waals surface area contributed by atoms with E-state index >= 15 is 0 Å². The Morgan fingerprint density at radius 1 is 1.62 bits per heavy atom. The second-order valence-electron chi connectivity index (χ2n) is 4.28.